The van der Waals surface area contributed by atoms with Gasteiger partial charge in [0.05, 0.1) is 10.6 Å². The molecule has 96 valence electrons. The van der Waals surface area contributed by atoms with E-state index >= 15 is 0 Å². The van der Waals surface area contributed by atoms with E-state index in [0.717, 1.165) is 34.9 Å². The number of rotatable bonds is 3. The van der Waals surface area contributed by atoms with Crippen molar-refractivity contribution in [1.29, 1.82) is 0 Å². The predicted molar refractivity (Wildman–Crippen MR) is 76.8 cm³/mol. The Morgan fingerprint density at radius 3 is 2.89 bits per heavy atom. The maximum absolute atomic E-state index is 10.8. The first-order chi connectivity index (χ1) is 8.61. The van der Waals surface area contributed by atoms with Crippen LogP contribution in [0, 0.1) is 19.6 Å². The van der Waals surface area contributed by atoms with Gasteiger partial charge in [-0.1, -0.05) is 0 Å². The van der Waals surface area contributed by atoms with E-state index in [1.807, 2.05) is 0 Å². The normalized spacial score (nSPS) is 19.6. The SMILES string of the molecule is O=CC1CCCN(c2ccc([N+](=O)[O-])cc2I)C1. The number of carbonyl (C=O) groups is 1. The van der Waals surface area contributed by atoms with Crippen molar-refractivity contribution in [3.05, 3.63) is 31.9 Å². The van der Waals surface area contributed by atoms with Gasteiger partial charge in [0.2, 0.25) is 0 Å². The molecule has 18 heavy (non-hydrogen) atoms. The Hall–Kier alpha value is -1.18. The van der Waals surface area contributed by atoms with Gasteiger partial charge in [-0.2, -0.15) is 0 Å². The fourth-order valence-electron chi connectivity index (χ4n) is 2.21. The molecule has 0 saturated carbocycles. The summed E-state index contributed by atoms with van der Waals surface area (Å²) in [4.78, 5) is 23.3. The number of piperidine rings is 1. The Morgan fingerprint density at radius 1 is 1.50 bits per heavy atom. The second-order valence-electron chi connectivity index (χ2n) is 4.38. The van der Waals surface area contributed by atoms with Crippen molar-refractivity contribution in [2.24, 2.45) is 5.92 Å². The number of hydrogen-bond donors (Lipinski definition) is 0. The van der Waals surface area contributed by atoms with E-state index in [9.17, 15) is 14.9 Å². The fourth-order valence-corrected chi connectivity index (χ4v) is 3.05. The van der Waals surface area contributed by atoms with E-state index in [1.54, 1.807) is 12.1 Å². The summed E-state index contributed by atoms with van der Waals surface area (Å²) < 4.78 is 0.855. The van der Waals surface area contributed by atoms with Crippen molar-refractivity contribution in [2.75, 3.05) is 18.0 Å². The maximum Gasteiger partial charge on any atom is 0.270 e. The highest BCUT2D eigenvalue weighted by atomic mass is 127. The topological polar surface area (TPSA) is 63.5 Å². The van der Waals surface area contributed by atoms with E-state index < -0.39 is 4.92 Å². The summed E-state index contributed by atoms with van der Waals surface area (Å²) in [6, 6.07) is 4.86. The molecule has 1 unspecified atom stereocenters. The third-order valence-electron chi connectivity index (χ3n) is 3.13. The van der Waals surface area contributed by atoms with E-state index in [1.165, 1.54) is 6.07 Å². The summed E-state index contributed by atoms with van der Waals surface area (Å²) in [7, 11) is 0. The third-order valence-corrected chi connectivity index (χ3v) is 4.00. The second-order valence-corrected chi connectivity index (χ2v) is 5.54. The molecule has 1 heterocycles. The fraction of sp³-hybridized carbons (Fsp3) is 0.417. The molecule has 0 N–H and O–H groups in total. The molecule has 5 nitrogen and oxygen atoms in total. The maximum atomic E-state index is 10.8. The van der Waals surface area contributed by atoms with Crippen molar-refractivity contribution < 1.29 is 9.72 Å². The highest BCUT2D eigenvalue weighted by Crippen LogP contribution is 2.29. The molecule has 0 amide bonds. The molecule has 0 bridgehead atoms. The van der Waals surface area contributed by atoms with Crippen LogP contribution in [0.4, 0.5) is 11.4 Å². The summed E-state index contributed by atoms with van der Waals surface area (Å²) >= 11 is 2.11. The molecule has 6 heteroatoms. The van der Waals surface area contributed by atoms with Crippen molar-refractivity contribution in [3.63, 3.8) is 0 Å². The summed E-state index contributed by atoms with van der Waals surface area (Å²) in [6.45, 7) is 1.61. The summed E-state index contributed by atoms with van der Waals surface area (Å²) in [5, 5.41) is 10.7. The molecule has 0 aromatic heterocycles. The number of benzene rings is 1. The van der Waals surface area contributed by atoms with E-state index in [4.69, 9.17) is 0 Å². The van der Waals surface area contributed by atoms with Crippen LogP contribution in [-0.2, 0) is 4.79 Å². The minimum atomic E-state index is -0.392. The van der Waals surface area contributed by atoms with Crippen LogP contribution in [0.1, 0.15) is 12.8 Å². The first-order valence-corrected chi connectivity index (χ1v) is 6.84. The lowest BCUT2D eigenvalue weighted by atomic mass is 9.99. The van der Waals surface area contributed by atoms with Gasteiger partial charge in [0, 0.05) is 34.7 Å². The molecule has 0 aliphatic carbocycles. The number of nitro groups is 1. The van der Waals surface area contributed by atoms with Crippen molar-refractivity contribution in [1.82, 2.24) is 0 Å². The molecule has 1 aliphatic heterocycles. The predicted octanol–water partition coefficient (Wildman–Crippen LogP) is 2.61. The number of nitro benzene ring substituents is 1. The number of anilines is 1. The van der Waals surface area contributed by atoms with Crippen molar-refractivity contribution in [2.45, 2.75) is 12.8 Å². The van der Waals surface area contributed by atoms with Crippen LogP contribution in [0.2, 0.25) is 0 Å². The first-order valence-electron chi connectivity index (χ1n) is 5.76. The van der Waals surface area contributed by atoms with Gasteiger partial charge in [-0.05, 0) is 41.5 Å². The zero-order chi connectivity index (χ0) is 13.1. The van der Waals surface area contributed by atoms with E-state index in [0.29, 0.717) is 6.54 Å². The van der Waals surface area contributed by atoms with Crippen LogP contribution in [0.5, 0.6) is 0 Å². The lowest BCUT2D eigenvalue weighted by Crippen LogP contribution is -2.36. The first kappa shape index (κ1) is 13.3. The van der Waals surface area contributed by atoms with Crippen LogP contribution in [0.25, 0.3) is 0 Å². The van der Waals surface area contributed by atoms with Gasteiger partial charge in [0.25, 0.3) is 5.69 Å². The molecule has 1 atom stereocenters. The van der Waals surface area contributed by atoms with Gasteiger partial charge in [-0.3, -0.25) is 10.1 Å². The van der Waals surface area contributed by atoms with Gasteiger partial charge in [0.1, 0.15) is 6.29 Å². The standard InChI is InChI=1S/C12H13IN2O3/c13-11-6-10(15(17)18)3-4-12(11)14-5-1-2-9(7-14)8-16/h3-4,6,8-9H,1-2,5,7H2. The van der Waals surface area contributed by atoms with Gasteiger partial charge in [-0.25, -0.2) is 0 Å². The molecular weight excluding hydrogens is 347 g/mol. The number of nitrogens with zero attached hydrogens (tertiary/aromatic N) is 2. The second kappa shape index (κ2) is 5.64. The van der Waals surface area contributed by atoms with Crippen LogP contribution in [0.15, 0.2) is 18.2 Å². The molecule has 1 aliphatic rings. The molecule has 1 aromatic carbocycles. The Bertz CT molecular complexity index is 478. The van der Waals surface area contributed by atoms with Gasteiger partial charge in [-0.15, -0.1) is 0 Å². The van der Waals surface area contributed by atoms with Crippen LogP contribution >= 0.6 is 22.6 Å². The lowest BCUT2D eigenvalue weighted by molar-refractivity contribution is -0.384. The molecule has 2 rings (SSSR count). The molecule has 0 radical (unpaired) electrons. The Labute approximate surface area is 118 Å². The number of carbonyl (C=O) groups excluding carboxylic acids is 1. The Morgan fingerprint density at radius 2 is 2.28 bits per heavy atom. The minimum Gasteiger partial charge on any atom is -0.370 e. The van der Waals surface area contributed by atoms with E-state index in [2.05, 4.69) is 27.5 Å². The molecule has 1 aromatic rings. The Balaban J connectivity index is 2.22. The smallest absolute Gasteiger partial charge is 0.270 e. The number of hydrogen-bond acceptors (Lipinski definition) is 4. The molecule has 1 saturated heterocycles. The minimum absolute atomic E-state index is 0.0738. The van der Waals surface area contributed by atoms with Gasteiger partial charge >= 0.3 is 0 Å². The quantitative estimate of drug-likeness (QED) is 0.360. The van der Waals surface area contributed by atoms with Crippen molar-refractivity contribution >= 4 is 40.3 Å². The van der Waals surface area contributed by atoms with Crippen LogP contribution in [0.3, 0.4) is 0 Å². The Kier molecular flexibility index (Phi) is 4.15. The average Bonchev–Trinajstić information content (AvgIpc) is 2.38. The molecule has 0 spiro atoms. The zero-order valence-electron chi connectivity index (χ0n) is 9.71. The summed E-state index contributed by atoms with van der Waals surface area (Å²) in [6.07, 6.45) is 2.92. The summed E-state index contributed by atoms with van der Waals surface area (Å²) in [5.41, 5.74) is 1.08. The van der Waals surface area contributed by atoms with Crippen molar-refractivity contribution in [3.8, 4) is 0 Å². The highest BCUT2D eigenvalue weighted by molar-refractivity contribution is 14.1. The van der Waals surface area contributed by atoms with E-state index in [-0.39, 0.29) is 11.6 Å². The number of non-ortho nitro benzene ring substituents is 1. The van der Waals surface area contributed by atoms with Crippen LogP contribution < -0.4 is 4.90 Å². The molecular formula is C12H13IN2O3. The van der Waals surface area contributed by atoms with Gasteiger partial charge in [0.15, 0.2) is 0 Å². The number of halogens is 1. The highest BCUT2D eigenvalue weighted by Gasteiger charge is 2.21. The molecule has 1 fully saturated rings. The monoisotopic (exact) mass is 360 g/mol. The summed E-state index contributed by atoms with van der Waals surface area (Å²) in [5.74, 6) is 0.0738. The zero-order valence-corrected chi connectivity index (χ0v) is 11.9. The number of aldehydes is 1. The van der Waals surface area contributed by atoms with Crippen LogP contribution in [-0.4, -0.2) is 24.3 Å². The average molecular weight is 360 g/mol. The largest absolute Gasteiger partial charge is 0.370 e. The lowest BCUT2D eigenvalue weighted by Gasteiger charge is -2.32. The third kappa shape index (κ3) is 2.80. The van der Waals surface area contributed by atoms with Gasteiger partial charge < -0.3 is 9.69 Å².